The minimum absolute atomic E-state index is 0.113. The molecule has 370 valence electrons. The van der Waals surface area contributed by atoms with E-state index in [0.717, 1.165) is 93.9 Å². The van der Waals surface area contributed by atoms with Gasteiger partial charge < -0.3 is 18.3 Å². The Kier molecular flexibility index (Phi) is 31.4. The molecule has 0 saturated heterocycles. The molecule has 0 aromatic heterocycles. The maximum atomic E-state index is 6.97. The highest BCUT2D eigenvalue weighted by molar-refractivity contribution is 6.64. The van der Waals surface area contributed by atoms with Gasteiger partial charge in [0.15, 0.2) is 6.29 Å². The number of aryl methyl sites for hydroxylation is 1. The molecule has 0 bridgehead atoms. The highest BCUT2D eigenvalue weighted by Crippen LogP contribution is 2.43. The first-order valence-corrected chi connectivity index (χ1v) is 30.1. The van der Waals surface area contributed by atoms with Gasteiger partial charge in [0, 0.05) is 13.0 Å². The second kappa shape index (κ2) is 34.5. The van der Waals surface area contributed by atoms with Crippen molar-refractivity contribution >= 4 is 8.56 Å². The van der Waals surface area contributed by atoms with Crippen molar-refractivity contribution in [1.82, 2.24) is 4.90 Å². The van der Waals surface area contributed by atoms with Gasteiger partial charge in [-0.05, 0) is 159 Å². The van der Waals surface area contributed by atoms with Crippen LogP contribution in [0.25, 0.3) is 0 Å². The van der Waals surface area contributed by atoms with Crippen LogP contribution in [0.15, 0.2) is 18.2 Å². The quantitative estimate of drug-likeness (QED) is 0.0216. The van der Waals surface area contributed by atoms with Crippen LogP contribution >= 0.6 is 0 Å². The molecule has 0 fully saturated rings. The number of benzene rings is 1. The summed E-state index contributed by atoms with van der Waals surface area (Å²) in [6.07, 6.45) is 46.3. The summed E-state index contributed by atoms with van der Waals surface area (Å²) in [7, 11) is -0.336. The van der Waals surface area contributed by atoms with Crippen molar-refractivity contribution in [3.63, 3.8) is 0 Å². The highest BCUT2D eigenvalue weighted by atomic mass is 28.4. The van der Waals surface area contributed by atoms with Gasteiger partial charge in [-0.3, -0.25) is 4.90 Å². The zero-order chi connectivity index (χ0) is 47.1. The van der Waals surface area contributed by atoms with E-state index in [1.165, 1.54) is 158 Å². The summed E-state index contributed by atoms with van der Waals surface area (Å²) in [5, 5.41) is 0. The molecule has 0 spiro atoms. The molecule has 1 aromatic carbocycles. The van der Waals surface area contributed by atoms with Crippen molar-refractivity contribution in [2.24, 2.45) is 17.8 Å². The van der Waals surface area contributed by atoms with E-state index >= 15 is 0 Å². The average molecular weight is 909 g/mol. The molecule has 1 heterocycles. The number of rotatable bonds is 40. The molecule has 1 aliphatic rings. The second-order valence-corrected chi connectivity index (χ2v) is 25.0. The van der Waals surface area contributed by atoms with Gasteiger partial charge in [-0.15, -0.1) is 6.42 Å². The van der Waals surface area contributed by atoms with Gasteiger partial charge in [0.2, 0.25) is 0 Å². The van der Waals surface area contributed by atoms with Crippen LogP contribution in [0.1, 0.15) is 238 Å². The summed E-state index contributed by atoms with van der Waals surface area (Å²) >= 11 is 0. The molecule has 64 heavy (non-hydrogen) atoms. The van der Waals surface area contributed by atoms with Gasteiger partial charge in [0.25, 0.3) is 0 Å². The summed E-state index contributed by atoms with van der Waals surface area (Å²) in [6, 6.07) is 2.27. The molecule has 1 aliphatic heterocycles. The molecule has 0 N–H and O–H groups in total. The fraction of sp³-hybridized carbons (Fsp3) is 0.828. The minimum atomic E-state index is -2.44. The maximum Gasteiger partial charge on any atom is 0.334 e. The zero-order valence-corrected chi connectivity index (χ0v) is 45.3. The van der Waals surface area contributed by atoms with Crippen molar-refractivity contribution in [1.29, 1.82) is 0 Å². The van der Waals surface area contributed by atoms with Crippen LogP contribution in [0.4, 0.5) is 0 Å². The van der Waals surface area contributed by atoms with Crippen LogP contribution in [0.3, 0.4) is 0 Å². The summed E-state index contributed by atoms with van der Waals surface area (Å²) in [6.45, 7) is 25.6. The summed E-state index contributed by atoms with van der Waals surface area (Å²) < 4.78 is 27.3. The largest absolute Gasteiger partial charge is 0.487 e. The number of unbranched alkanes of at least 4 members (excludes halogenated alkanes) is 14. The second-order valence-electron chi connectivity index (χ2n) is 21.7. The van der Waals surface area contributed by atoms with Crippen LogP contribution in [0, 0.1) is 43.9 Å². The molecule has 1 aromatic rings. The summed E-state index contributed by atoms with van der Waals surface area (Å²) in [5.41, 5.74) is 3.55. The lowest BCUT2D eigenvalue weighted by molar-refractivity contribution is -0.0312. The van der Waals surface area contributed by atoms with Gasteiger partial charge in [-0.2, -0.15) is 0 Å². The van der Waals surface area contributed by atoms with Crippen molar-refractivity contribution in [2.75, 3.05) is 26.7 Å². The molecule has 0 radical (unpaired) electrons. The first-order chi connectivity index (χ1) is 30.7. The van der Waals surface area contributed by atoms with E-state index in [0.29, 0.717) is 0 Å². The van der Waals surface area contributed by atoms with Crippen molar-refractivity contribution in [3.05, 3.63) is 34.9 Å². The molecular formula is C58H105NO4Si. The average Bonchev–Trinajstić information content (AvgIpc) is 3.23. The standard InChI is InChI=1S/C58H105NO4Si/c1-13-15-16-17-18-19-20-21-22-23-24-25-26-27-30-41-56(63-64(11,12)60-47-32-29-28-31-46-59(10)45-14-2)61-55-48-54-42-44-58(9,62-57(54)53(8)52(55)7)43-35-40-51(6)39-34-38-50(5)37-33-36-49(3)4/h2,21-22,48-51,56H,13,15-20,23-47H2,1,3-12H3/b22-21-. The number of fused-ring (bicyclic) bond motifs is 1. The molecule has 4 unspecified atom stereocenters. The van der Waals surface area contributed by atoms with E-state index in [-0.39, 0.29) is 11.9 Å². The van der Waals surface area contributed by atoms with Gasteiger partial charge in [0.05, 0.1) is 6.54 Å². The van der Waals surface area contributed by atoms with Gasteiger partial charge in [0.1, 0.15) is 17.1 Å². The Morgan fingerprint density at radius 2 is 1.33 bits per heavy atom. The number of allylic oxidation sites excluding steroid dienone is 2. The third-order valence-corrected chi connectivity index (χ3v) is 15.8. The van der Waals surface area contributed by atoms with Crippen molar-refractivity contribution in [3.8, 4) is 23.8 Å². The Morgan fingerprint density at radius 3 is 1.97 bits per heavy atom. The Balaban J connectivity index is 1.93. The van der Waals surface area contributed by atoms with Crippen LogP contribution in [0.2, 0.25) is 13.1 Å². The van der Waals surface area contributed by atoms with E-state index in [1.54, 1.807) is 0 Å². The molecule has 4 atom stereocenters. The first-order valence-electron chi connectivity index (χ1n) is 27.3. The van der Waals surface area contributed by atoms with Gasteiger partial charge in [-0.25, -0.2) is 0 Å². The molecule has 0 aliphatic carbocycles. The van der Waals surface area contributed by atoms with E-state index < -0.39 is 8.56 Å². The van der Waals surface area contributed by atoms with E-state index in [4.69, 9.17) is 24.7 Å². The van der Waals surface area contributed by atoms with Gasteiger partial charge >= 0.3 is 8.56 Å². The molecule has 5 nitrogen and oxygen atoms in total. The number of terminal acetylenes is 1. The molecule has 0 saturated carbocycles. The predicted molar refractivity (Wildman–Crippen MR) is 281 cm³/mol. The summed E-state index contributed by atoms with van der Waals surface area (Å²) in [5.74, 6) is 7.26. The van der Waals surface area contributed by atoms with Crippen LogP contribution in [-0.2, 0) is 15.3 Å². The first kappa shape index (κ1) is 58.3. The Labute approximate surface area is 400 Å². The monoisotopic (exact) mass is 908 g/mol. The Bertz CT molecular complexity index is 1400. The topological polar surface area (TPSA) is 40.2 Å². The van der Waals surface area contributed by atoms with E-state index in [1.807, 2.05) is 0 Å². The van der Waals surface area contributed by atoms with Gasteiger partial charge in [-0.1, -0.05) is 162 Å². The van der Waals surface area contributed by atoms with E-state index in [9.17, 15) is 0 Å². The maximum absolute atomic E-state index is 6.97. The lowest BCUT2D eigenvalue weighted by Crippen LogP contribution is -2.41. The third kappa shape index (κ3) is 27.1. The van der Waals surface area contributed by atoms with Crippen LogP contribution < -0.4 is 9.47 Å². The number of ether oxygens (including phenoxy) is 2. The highest BCUT2D eigenvalue weighted by Gasteiger charge is 2.34. The Hall–Kier alpha value is -1.78. The predicted octanol–water partition coefficient (Wildman–Crippen LogP) is 17.4. The third-order valence-electron chi connectivity index (χ3n) is 14.0. The number of hydrogen-bond donors (Lipinski definition) is 0. The smallest absolute Gasteiger partial charge is 0.334 e. The molecule has 2 rings (SSSR count). The minimum Gasteiger partial charge on any atom is -0.487 e. The molecular weight excluding hydrogens is 803 g/mol. The molecule has 6 heteroatoms. The lowest BCUT2D eigenvalue weighted by Gasteiger charge is -2.38. The number of hydrogen-bond acceptors (Lipinski definition) is 5. The normalized spacial score (nSPS) is 16.9. The van der Waals surface area contributed by atoms with Crippen LogP contribution in [0.5, 0.6) is 11.5 Å². The zero-order valence-electron chi connectivity index (χ0n) is 44.3. The van der Waals surface area contributed by atoms with Crippen molar-refractivity contribution < 1.29 is 18.3 Å². The van der Waals surface area contributed by atoms with Crippen molar-refractivity contribution in [2.45, 2.75) is 267 Å². The van der Waals surface area contributed by atoms with Crippen LogP contribution in [-0.4, -0.2) is 52.1 Å². The summed E-state index contributed by atoms with van der Waals surface area (Å²) in [4.78, 5) is 2.22. The molecule has 0 amide bonds. The fourth-order valence-electron chi connectivity index (χ4n) is 9.46. The SMILES string of the molecule is C#CCN(C)CCCCCCO[Si](C)(C)OC(CCCCCCC/C=C\CCCCCCCC)Oc1cc2c(c(C)c1C)OC(C)(CCCC(C)CCCC(C)CCCC(C)C)CC2. The Morgan fingerprint density at radius 1 is 0.750 bits per heavy atom. The fourth-order valence-corrected chi connectivity index (χ4v) is 11.0. The van der Waals surface area contributed by atoms with E-state index in [2.05, 4.69) is 105 Å². The lowest BCUT2D eigenvalue weighted by atomic mass is 9.85. The number of nitrogens with zero attached hydrogens (tertiary/aromatic N) is 1.